The molecule has 1 fully saturated rings. The van der Waals surface area contributed by atoms with Crippen molar-refractivity contribution in [1.29, 1.82) is 0 Å². The van der Waals surface area contributed by atoms with E-state index >= 15 is 0 Å². The van der Waals surface area contributed by atoms with Crippen molar-refractivity contribution in [2.45, 2.75) is 38.0 Å². The molecule has 4 heteroatoms. The standard InChI is InChI=1S/C13H18ClNO2/c1-8(15-9-3-4-9)13(16)11-6-5-10(17-2)7-12(11)14/h5-9,13,15-16H,3-4H2,1-2H3. The second-order valence-corrected chi connectivity index (χ2v) is 4.97. The molecule has 2 rings (SSSR count). The molecule has 1 saturated carbocycles. The summed E-state index contributed by atoms with van der Waals surface area (Å²) in [6.07, 6.45) is 1.81. The van der Waals surface area contributed by atoms with E-state index in [1.807, 2.05) is 19.1 Å². The SMILES string of the molecule is COc1ccc(C(O)C(C)NC2CC2)c(Cl)c1. The second-order valence-electron chi connectivity index (χ2n) is 4.56. The van der Waals surface area contributed by atoms with Gasteiger partial charge in [-0.15, -0.1) is 0 Å². The number of ether oxygens (including phenoxy) is 1. The van der Waals surface area contributed by atoms with Crippen LogP contribution in [0.25, 0.3) is 0 Å². The molecule has 1 aliphatic rings. The summed E-state index contributed by atoms with van der Waals surface area (Å²) in [6, 6.07) is 5.93. The van der Waals surface area contributed by atoms with Crippen molar-refractivity contribution in [3.63, 3.8) is 0 Å². The van der Waals surface area contributed by atoms with Gasteiger partial charge < -0.3 is 15.2 Å². The molecule has 0 radical (unpaired) electrons. The maximum atomic E-state index is 10.2. The molecular formula is C13H18ClNO2. The minimum atomic E-state index is -0.589. The van der Waals surface area contributed by atoms with E-state index in [1.54, 1.807) is 13.2 Å². The lowest BCUT2D eigenvalue weighted by atomic mass is 10.0. The van der Waals surface area contributed by atoms with Gasteiger partial charge in [0.2, 0.25) is 0 Å². The van der Waals surface area contributed by atoms with Gasteiger partial charge in [-0.1, -0.05) is 17.7 Å². The van der Waals surface area contributed by atoms with E-state index in [-0.39, 0.29) is 6.04 Å². The van der Waals surface area contributed by atoms with Crippen LogP contribution in [0.5, 0.6) is 5.75 Å². The Morgan fingerprint density at radius 3 is 2.71 bits per heavy atom. The highest BCUT2D eigenvalue weighted by Gasteiger charge is 2.27. The number of hydrogen-bond donors (Lipinski definition) is 2. The number of nitrogens with one attached hydrogen (secondary N) is 1. The van der Waals surface area contributed by atoms with Gasteiger partial charge in [-0.25, -0.2) is 0 Å². The molecule has 0 aliphatic heterocycles. The first-order chi connectivity index (χ1) is 8.11. The maximum absolute atomic E-state index is 10.2. The van der Waals surface area contributed by atoms with Gasteiger partial charge in [-0.05, 0) is 31.9 Å². The highest BCUT2D eigenvalue weighted by molar-refractivity contribution is 6.31. The fourth-order valence-corrected chi connectivity index (χ4v) is 2.14. The maximum Gasteiger partial charge on any atom is 0.120 e. The smallest absolute Gasteiger partial charge is 0.120 e. The van der Waals surface area contributed by atoms with Crippen LogP contribution in [0.4, 0.5) is 0 Å². The van der Waals surface area contributed by atoms with Crippen molar-refractivity contribution in [2.75, 3.05) is 7.11 Å². The van der Waals surface area contributed by atoms with Crippen LogP contribution in [-0.4, -0.2) is 24.3 Å². The van der Waals surface area contributed by atoms with Crippen molar-refractivity contribution in [3.8, 4) is 5.75 Å². The summed E-state index contributed by atoms with van der Waals surface area (Å²) in [4.78, 5) is 0. The van der Waals surface area contributed by atoms with Crippen LogP contribution in [0.2, 0.25) is 5.02 Å². The second kappa shape index (κ2) is 5.25. The van der Waals surface area contributed by atoms with E-state index in [4.69, 9.17) is 16.3 Å². The van der Waals surface area contributed by atoms with Crippen molar-refractivity contribution in [1.82, 2.24) is 5.32 Å². The number of aliphatic hydroxyl groups excluding tert-OH is 1. The Morgan fingerprint density at radius 2 is 2.18 bits per heavy atom. The van der Waals surface area contributed by atoms with Gasteiger partial charge in [0.1, 0.15) is 5.75 Å². The molecular weight excluding hydrogens is 238 g/mol. The molecule has 1 aromatic carbocycles. The van der Waals surface area contributed by atoms with Crippen LogP contribution in [0.3, 0.4) is 0 Å². The summed E-state index contributed by atoms with van der Waals surface area (Å²) in [5.74, 6) is 0.703. The Bertz CT molecular complexity index is 393. The van der Waals surface area contributed by atoms with Crippen LogP contribution in [0, 0.1) is 0 Å². The summed E-state index contributed by atoms with van der Waals surface area (Å²) in [7, 11) is 1.60. The average Bonchev–Trinajstić information content (AvgIpc) is 3.11. The largest absolute Gasteiger partial charge is 0.497 e. The van der Waals surface area contributed by atoms with Crippen LogP contribution < -0.4 is 10.1 Å². The van der Waals surface area contributed by atoms with E-state index < -0.39 is 6.10 Å². The van der Waals surface area contributed by atoms with E-state index in [0.29, 0.717) is 16.8 Å². The Labute approximate surface area is 107 Å². The summed E-state index contributed by atoms with van der Waals surface area (Å²) in [6.45, 7) is 1.98. The quantitative estimate of drug-likeness (QED) is 0.850. The van der Waals surface area contributed by atoms with Gasteiger partial charge in [0, 0.05) is 17.6 Å². The van der Waals surface area contributed by atoms with Crippen molar-refractivity contribution < 1.29 is 9.84 Å². The minimum Gasteiger partial charge on any atom is -0.497 e. The predicted molar refractivity (Wildman–Crippen MR) is 68.6 cm³/mol. The molecule has 2 N–H and O–H groups in total. The lowest BCUT2D eigenvalue weighted by molar-refractivity contribution is 0.135. The molecule has 2 atom stereocenters. The first kappa shape index (κ1) is 12.7. The highest BCUT2D eigenvalue weighted by atomic mass is 35.5. The number of methoxy groups -OCH3 is 1. The molecule has 3 nitrogen and oxygen atoms in total. The van der Waals surface area contributed by atoms with E-state index in [9.17, 15) is 5.11 Å². The van der Waals surface area contributed by atoms with E-state index in [1.165, 1.54) is 12.8 Å². The van der Waals surface area contributed by atoms with E-state index in [2.05, 4.69) is 5.32 Å². The molecule has 0 aromatic heterocycles. The number of aliphatic hydroxyl groups is 1. The average molecular weight is 256 g/mol. The first-order valence-electron chi connectivity index (χ1n) is 5.89. The van der Waals surface area contributed by atoms with Gasteiger partial charge in [-0.2, -0.15) is 0 Å². The molecule has 1 aliphatic carbocycles. The summed E-state index contributed by atoms with van der Waals surface area (Å²) in [5.41, 5.74) is 0.744. The number of hydrogen-bond acceptors (Lipinski definition) is 3. The summed E-state index contributed by atoms with van der Waals surface area (Å²) < 4.78 is 5.08. The van der Waals surface area contributed by atoms with E-state index in [0.717, 1.165) is 5.56 Å². The van der Waals surface area contributed by atoms with Crippen LogP contribution >= 0.6 is 11.6 Å². The zero-order chi connectivity index (χ0) is 12.4. The lowest BCUT2D eigenvalue weighted by Gasteiger charge is -2.21. The van der Waals surface area contributed by atoms with Crippen LogP contribution in [0.15, 0.2) is 18.2 Å². The van der Waals surface area contributed by atoms with Gasteiger partial charge in [0.05, 0.1) is 18.2 Å². The Kier molecular flexibility index (Phi) is 3.92. The first-order valence-corrected chi connectivity index (χ1v) is 6.27. The lowest BCUT2D eigenvalue weighted by Crippen LogP contribution is -2.33. The topological polar surface area (TPSA) is 41.5 Å². The van der Waals surface area contributed by atoms with Crippen LogP contribution in [0.1, 0.15) is 31.4 Å². The Hall–Kier alpha value is -0.770. The third-order valence-electron chi connectivity index (χ3n) is 3.08. The molecule has 0 spiro atoms. The fraction of sp³-hybridized carbons (Fsp3) is 0.538. The zero-order valence-corrected chi connectivity index (χ0v) is 10.9. The Balaban J connectivity index is 2.08. The molecule has 0 saturated heterocycles. The molecule has 0 heterocycles. The van der Waals surface area contributed by atoms with Gasteiger partial charge >= 0.3 is 0 Å². The van der Waals surface area contributed by atoms with Crippen molar-refractivity contribution in [2.24, 2.45) is 0 Å². The normalized spacial score (nSPS) is 18.8. The van der Waals surface area contributed by atoms with Gasteiger partial charge in [-0.3, -0.25) is 0 Å². The third kappa shape index (κ3) is 3.12. The molecule has 2 unspecified atom stereocenters. The van der Waals surface area contributed by atoms with Crippen LogP contribution in [-0.2, 0) is 0 Å². The van der Waals surface area contributed by atoms with Gasteiger partial charge in [0.25, 0.3) is 0 Å². The van der Waals surface area contributed by atoms with Crippen molar-refractivity contribution >= 4 is 11.6 Å². The number of halogens is 1. The molecule has 1 aromatic rings. The zero-order valence-electron chi connectivity index (χ0n) is 10.1. The molecule has 94 valence electrons. The number of rotatable bonds is 5. The Morgan fingerprint density at radius 1 is 1.47 bits per heavy atom. The number of benzene rings is 1. The summed E-state index contributed by atoms with van der Waals surface area (Å²) in [5, 5.41) is 14.1. The monoisotopic (exact) mass is 255 g/mol. The molecule has 0 amide bonds. The van der Waals surface area contributed by atoms with Crippen molar-refractivity contribution in [3.05, 3.63) is 28.8 Å². The summed E-state index contributed by atoms with van der Waals surface area (Å²) >= 11 is 6.13. The predicted octanol–water partition coefficient (Wildman–Crippen LogP) is 2.52. The minimum absolute atomic E-state index is 0.00777. The highest BCUT2D eigenvalue weighted by Crippen LogP contribution is 2.30. The molecule has 17 heavy (non-hydrogen) atoms. The molecule has 0 bridgehead atoms. The van der Waals surface area contributed by atoms with Gasteiger partial charge in [0.15, 0.2) is 0 Å². The fourth-order valence-electron chi connectivity index (χ4n) is 1.86. The third-order valence-corrected chi connectivity index (χ3v) is 3.40.